The van der Waals surface area contributed by atoms with Gasteiger partial charge in [0, 0.05) is 17.1 Å². The van der Waals surface area contributed by atoms with Crippen molar-refractivity contribution in [3.63, 3.8) is 0 Å². The standard InChI is InChI=1S/C7H6O4.Cu/c8-4-2-1-3-5(9)6(4)7(10)11;/h1-3,8-9H,(H,10,11);. The second kappa shape index (κ2) is 3.99. The summed E-state index contributed by atoms with van der Waals surface area (Å²) >= 11 is 0. The molecule has 0 aromatic heterocycles. The maximum Gasteiger partial charge on any atom is 0.343 e. The van der Waals surface area contributed by atoms with Crippen molar-refractivity contribution >= 4 is 5.97 Å². The van der Waals surface area contributed by atoms with Gasteiger partial charge in [0.05, 0.1) is 0 Å². The third-order valence-corrected chi connectivity index (χ3v) is 1.23. The van der Waals surface area contributed by atoms with Crippen LogP contribution in [0.2, 0.25) is 0 Å². The molecular weight excluding hydrogens is 212 g/mol. The Morgan fingerprint density at radius 3 is 1.83 bits per heavy atom. The van der Waals surface area contributed by atoms with Gasteiger partial charge in [-0.05, 0) is 12.1 Å². The number of hydrogen-bond donors (Lipinski definition) is 3. The fourth-order valence-corrected chi connectivity index (χ4v) is 0.747. The number of hydrogen-bond acceptors (Lipinski definition) is 3. The van der Waals surface area contributed by atoms with Crippen molar-refractivity contribution in [2.24, 2.45) is 0 Å². The first-order valence-corrected chi connectivity index (χ1v) is 2.87. The Hall–Kier alpha value is -1.19. The average molecular weight is 218 g/mol. The van der Waals surface area contributed by atoms with Gasteiger partial charge in [-0.25, -0.2) is 4.79 Å². The van der Waals surface area contributed by atoms with E-state index in [-0.39, 0.29) is 17.1 Å². The number of phenols is 2. The topological polar surface area (TPSA) is 77.8 Å². The van der Waals surface area contributed by atoms with E-state index in [1.807, 2.05) is 0 Å². The number of carboxylic acid groups (broad SMARTS) is 1. The van der Waals surface area contributed by atoms with Crippen molar-refractivity contribution in [3.05, 3.63) is 23.8 Å². The minimum Gasteiger partial charge on any atom is -0.507 e. The summed E-state index contributed by atoms with van der Waals surface area (Å²) in [5, 5.41) is 26.3. The van der Waals surface area contributed by atoms with Crippen molar-refractivity contribution < 1.29 is 37.2 Å². The first kappa shape index (κ1) is 10.8. The molecule has 3 N–H and O–H groups in total. The van der Waals surface area contributed by atoms with Crippen LogP contribution < -0.4 is 0 Å². The van der Waals surface area contributed by atoms with Gasteiger partial charge in [-0.2, -0.15) is 0 Å². The van der Waals surface area contributed by atoms with Crippen LogP contribution in [0, 0.1) is 0 Å². The van der Waals surface area contributed by atoms with E-state index in [1.165, 1.54) is 18.2 Å². The first-order chi connectivity index (χ1) is 5.13. The molecule has 0 spiro atoms. The van der Waals surface area contributed by atoms with E-state index in [9.17, 15) is 4.79 Å². The molecule has 1 rings (SSSR count). The van der Waals surface area contributed by atoms with E-state index >= 15 is 0 Å². The van der Waals surface area contributed by atoms with Gasteiger partial charge in [-0.15, -0.1) is 0 Å². The van der Waals surface area contributed by atoms with Crippen LogP contribution in [0.4, 0.5) is 0 Å². The largest absolute Gasteiger partial charge is 0.507 e. The summed E-state index contributed by atoms with van der Waals surface area (Å²) in [7, 11) is 0. The molecular formula is C7H6CuO4. The van der Waals surface area contributed by atoms with Crippen molar-refractivity contribution in [1.82, 2.24) is 0 Å². The SMILES string of the molecule is O=C(O)c1c(O)cccc1O.[Cu]. The van der Waals surface area contributed by atoms with Gasteiger partial charge in [-0.1, -0.05) is 6.07 Å². The molecule has 0 atom stereocenters. The molecule has 0 aliphatic carbocycles. The van der Waals surface area contributed by atoms with Crippen LogP contribution in [-0.2, 0) is 17.1 Å². The molecule has 0 amide bonds. The van der Waals surface area contributed by atoms with E-state index in [0.29, 0.717) is 0 Å². The maximum atomic E-state index is 10.3. The predicted molar refractivity (Wildman–Crippen MR) is 36.7 cm³/mol. The van der Waals surface area contributed by atoms with Gasteiger partial charge in [0.15, 0.2) is 0 Å². The van der Waals surface area contributed by atoms with E-state index in [2.05, 4.69) is 0 Å². The summed E-state index contributed by atoms with van der Waals surface area (Å²) in [6.45, 7) is 0. The maximum absolute atomic E-state index is 10.3. The van der Waals surface area contributed by atoms with Crippen molar-refractivity contribution in [2.75, 3.05) is 0 Å². The van der Waals surface area contributed by atoms with E-state index < -0.39 is 23.0 Å². The average Bonchev–Trinajstić information content (AvgIpc) is 1.85. The summed E-state index contributed by atoms with van der Waals surface area (Å²) in [6.07, 6.45) is 0. The number of carbonyl (C=O) groups is 1. The number of rotatable bonds is 1. The van der Waals surface area contributed by atoms with Crippen LogP contribution in [0.25, 0.3) is 0 Å². The van der Waals surface area contributed by atoms with Gasteiger partial charge in [0.1, 0.15) is 17.1 Å². The molecule has 4 nitrogen and oxygen atoms in total. The summed E-state index contributed by atoms with van der Waals surface area (Å²) in [5.41, 5.74) is -0.465. The molecule has 12 heavy (non-hydrogen) atoms. The van der Waals surface area contributed by atoms with Gasteiger partial charge >= 0.3 is 5.97 Å². The number of aromatic carboxylic acids is 1. The molecule has 0 fully saturated rings. The van der Waals surface area contributed by atoms with Crippen LogP contribution >= 0.6 is 0 Å². The first-order valence-electron chi connectivity index (χ1n) is 2.87. The molecule has 69 valence electrons. The smallest absolute Gasteiger partial charge is 0.343 e. The van der Waals surface area contributed by atoms with Gasteiger partial charge in [0.2, 0.25) is 0 Å². The summed E-state index contributed by atoms with van der Waals surface area (Å²) < 4.78 is 0. The van der Waals surface area contributed by atoms with Crippen LogP contribution in [0.5, 0.6) is 11.5 Å². The Balaban J connectivity index is 0.00000121. The zero-order valence-electron chi connectivity index (χ0n) is 5.78. The van der Waals surface area contributed by atoms with Gasteiger partial charge in [-0.3, -0.25) is 0 Å². The molecule has 0 aliphatic rings. The molecule has 0 heterocycles. The molecule has 5 heteroatoms. The molecule has 1 aromatic rings. The van der Waals surface area contributed by atoms with Crippen molar-refractivity contribution in [2.45, 2.75) is 0 Å². The molecule has 1 radical (unpaired) electrons. The fourth-order valence-electron chi connectivity index (χ4n) is 0.747. The third kappa shape index (κ3) is 1.90. The molecule has 0 saturated heterocycles. The quantitative estimate of drug-likeness (QED) is 0.608. The summed E-state index contributed by atoms with van der Waals surface area (Å²) in [4.78, 5) is 10.3. The molecule has 0 aliphatic heterocycles. The third-order valence-electron chi connectivity index (χ3n) is 1.23. The molecule has 0 unspecified atom stereocenters. The Morgan fingerprint density at radius 1 is 1.17 bits per heavy atom. The summed E-state index contributed by atoms with van der Waals surface area (Å²) in [6, 6.07) is 3.75. The zero-order valence-corrected chi connectivity index (χ0v) is 6.73. The fraction of sp³-hybridized carbons (Fsp3) is 0. The van der Waals surface area contributed by atoms with Gasteiger partial charge < -0.3 is 15.3 Å². The Kier molecular flexibility index (Phi) is 3.60. The van der Waals surface area contributed by atoms with Crippen LogP contribution in [-0.4, -0.2) is 21.3 Å². The van der Waals surface area contributed by atoms with Crippen LogP contribution in [0.1, 0.15) is 10.4 Å². The second-order valence-electron chi connectivity index (χ2n) is 1.98. The summed E-state index contributed by atoms with van der Waals surface area (Å²) in [5.74, 6) is -2.21. The Morgan fingerprint density at radius 2 is 1.58 bits per heavy atom. The minimum atomic E-state index is -1.35. The monoisotopic (exact) mass is 217 g/mol. The van der Waals surface area contributed by atoms with E-state index in [1.54, 1.807) is 0 Å². The van der Waals surface area contributed by atoms with Crippen molar-refractivity contribution in [1.29, 1.82) is 0 Å². The normalized spacial score (nSPS) is 8.67. The van der Waals surface area contributed by atoms with Crippen molar-refractivity contribution in [3.8, 4) is 11.5 Å². The molecule has 1 aromatic carbocycles. The second-order valence-corrected chi connectivity index (χ2v) is 1.98. The number of carboxylic acids is 1. The van der Waals surface area contributed by atoms with Crippen LogP contribution in [0.15, 0.2) is 18.2 Å². The predicted octanol–water partition coefficient (Wildman–Crippen LogP) is 0.793. The van der Waals surface area contributed by atoms with Gasteiger partial charge in [0.25, 0.3) is 0 Å². The number of aromatic hydroxyl groups is 2. The minimum absolute atomic E-state index is 0. The van der Waals surface area contributed by atoms with E-state index in [4.69, 9.17) is 15.3 Å². The zero-order chi connectivity index (χ0) is 8.43. The number of benzene rings is 1. The van der Waals surface area contributed by atoms with E-state index in [0.717, 1.165) is 0 Å². The van der Waals surface area contributed by atoms with Crippen LogP contribution in [0.3, 0.4) is 0 Å². The Labute approximate surface area is 78.9 Å². The molecule has 0 bridgehead atoms. The Bertz CT molecular complexity index is 277. The molecule has 0 saturated carbocycles.